The molecule has 0 radical (unpaired) electrons. The summed E-state index contributed by atoms with van der Waals surface area (Å²) in [6.07, 6.45) is 1.26. The van der Waals surface area contributed by atoms with E-state index in [4.69, 9.17) is 0 Å². The van der Waals surface area contributed by atoms with Crippen molar-refractivity contribution in [3.05, 3.63) is 29.7 Å². The predicted octanol–water partition coefficient (Wildman–Crippen LogP) is 1.60. The number of fused-ring (bicyclic) bond motifs is 1. The smallest absolute Gasteiger partial charge is 0.291 e. The largest absolute Gasteiger partial charge is 0.367 e. The van der Waals surface area contributed by atoms with E-state index in [1.54, 1.807) is 18.6 Å². The molecule has 2 aliphatic rings. The van der Waals surface area contributed by atoms with E-state index in [1.165, 1.54) is 10.7 Å². The van der Waals surface area contributed by atoms with Crippen LogP contribution in [0.3, 0.4) is 0 Å². The van der Waals surface area contributed by atoms with E-state index in [1.807, 2.05) is 22.6 Å². The summed E-state index contributed by atoms with van der Waals surface area (Å²) in [7, 11) is -2.22. The molecule has 0 atom stereocenters. The summed E-state index contributed by atoms with van der Waals surface area (Å²) >= 11 is 0.677. The molecule has 4 heterocycles. The van der Waals surface area contributed by atoms with Crippen LogP contribution in [-0.2, 0) is 17.1 Å². The number of hydrogen-bond donors (Lipinski definition) is 1. The van der Waals surface area contributed by atoms with Gasteiger partial charge in [0, 0.05) is 44.3 Å². The molecule has 17 heteroatoms. The Kier molecular flexibility index (Phi) is 5.77. The van der Waals surface area contributed by atoms with Gasteiger partial charge in [0.2, 0.25) is 21.1 Å². The molecular weight excluding hydrogens is 540 g/mol. The first-order chi connectivity index (χ1) is 18.2. The molecule has 0 amide bonds. The van der Waals surface area contributed by atoms with E-state index in [0.717, 1.165) is 5.95 Å². The number of nitrogens with zero attached hydrogens (tertiary/aromatic N) is 10. The Hall–Kier alpha value is -3.75. The van der Waals surface area contributed by atoms with Gasteiger partial charge in [-0.3, -0.25) is 0 Å². The minimum absolute atomic E-state index is 0.0578. The maximum absolute atomic E-state index is 13.4. The summed E-state index contributed by atoms with van der Waals surface area (Å²) in [5, 5.41) is 29.5. The van der Waals surface area contributed by atoms with Crippen molar-refractivity contribution in [2.75, 3.05) is 36.0 Å². The zero-order valence-corrected chi connectivity index (χ0v) is 21.6. The molecule has 3 aromatic heterocycles. The molecular formula is C21H21F2N11O2S2. The molecule has 6 rings (SSSR count). The number of hydrogen-bond acceptors (Lipinski definition) is 11. The van der Waals surface area contributed by atoms with E-state index in [0.29, 0.717) is 66.9 Å². The molecule has 1 saturated heterocycles. The lowest BCUT2D eigenvalue weighted by Crippen LogP contribution is -2.47. The van der Waals surface area contributed by atoms with Gasteiger partial charge < -0.3 is 14.4 Å². The highest BCUT2D eigenvalue weighted by Crippen LogP contribution is 2.38. The van der Waals surface area contributed by atoms with Gasteiger partial charge in [0.1, 0.15) is 11.9 Å². The normalized spacial score (nSPS) is 17.3. The van der Waals surface area contributed by atoms with E-state index < -0.39 is 27.0 Å². The van der Waals surface area contributed by atoms with Crippen LogP contribution >= 0.6 is 11.3 Å². The van der Waals surface area contributed by atoms with Gasteiger partial charge in [-0.25, -0.2) is 21.9 Å². The molecule has 1 aliphatic carbocycles. The molecule has 0 spiro atoms. The van der Waals surface area contributed by atoms with E-state index in [9.17, 15) is 22.5 Å². The molecule has 0 bridgehead atoms. The second kappa shape index (κ2) is 8.92. The molecule has 1 N–H and O–H groups in total. The third kappa shape index (κ3) is 4.23. The summed E-state index contributed by atoms with van der Waals surface area (Å²) in [4.78, 5) is 4.07. The number of aryl methyl sites for hydroxylation is 1. The molecule has 2 fully saturated rings. The molecule has 0 unspecified atom stereocenters. The second-order valence-corrected chi connectivity index (χ2v) is 11.8. The molecule has 1 saturated carbocycles. The number of rotatable bonds is 7. The standard InChI is InChI=1S/C21H21F2N11O2S2/c1-31-12-25-28-19(31)33-6-4-32(5-7-33)15-8-13(38(35,36)30-21(11-24)2-3-21)9-16-14(15)10-26-34(16)20-29-27-18(37-20)17(22)23/h8-10,12,17,30H,2-7H2,1H3. The Bertz CT molecular complexity index is 1660. The summed E-state index contributed by atoms with van der Waals surface area (Å²) in [6.45, 7) is 2.34. The van der Waals surface area contributed by atoms with Crippen molar-refractivity contribution >= 4 is 43.9 Å². The Balaban J connectivity index is 1.41. The van der Waals surface area contributed by atoms with Gasteiger partial charge >= 0.3 is 0 Å². The lowest BCUT2D eigenvalue weighted by Gasteiger charge is -2.36. The van der Waals surface area contributed by atoms with Crippen LogP contribution in [0.4, 0.5) is 20.4 Å². The minimum Gasteiger partial charge on any atom is -0.367 e. The maximum Gasteiger partial charge on any atom is 0.291 e. The highest BCUT2D eigenvalue weighted by Gasteiger charge is 2.47. The number of benzene rings is 1. The third-order valence-electron chi connectivity index (χ3n) is 6.63. The van der Waals surface area contributed by atoms with Crippen molar-refractivity contribution in [3.63, 3.8) is 0 Å². The van der Waals surface area contributed by atoms with Crippen molar-refractivity contribution in [1.29, 1.82) is 5.26 Å². The van der Waals surface area contributed by atoms with Crippen LogP contribution in [-0.4, -0.2) is 74.9 Å². The zero-order chi connectivity index (χ0) is 26.7. The Labute approximate surface area is 219 Å². The van der Waals surface area contributed by atoms with Crippen LogP contribution in [0, 0.1) is 11.3 Å². The van der Waals surface area contributed by atoms with Gasteiger partial charge in [-0.15, -0.1) is 20.4 Å². The fraction of sp³-hybridized carbons (Fsp3) is 0.429. The molecule has 13 nitrogen and oxygen atoms in total. The molecule has 1 aromatic carbocycles. The topological polar surface area (TPSA) is 151 Å². The van der Waals surface area contributed by atoms with Crippen LogP contribution in [0.25, 0.3) is 16.0 Å². The van der Waals surface area contributed by atoms with Crippen molar-refractivity contribution in [1.82, 2.24) is 39.5 Å². The van der Waals surface area contributed by atoms with Gasteiger partial charge in [-0.1, -0.05) is 11.3 Å². The van der Waals surface area contributed by atoms with Crippen LogP contribution < -0.4 is 14.5 Å². The van der Waals surface area contributed by atoms with Crippen molar-refractivity contribution in [2.45, 2.75) is 29.7 Å². The van der Waals surface area contributed by atoms with Gasteiger partial charge in [0.25, 0.3) is 6.43 Å². The fourth-order valence-electron chi connectivity index (χ4n) is 4.44. The Morgan fingerprint density at radius 3 is 2.47 bits per heavy atom. The number of nitrogens with one attached hydrogen (secondary N) is 1. The van der Waals surface area contributed by atoms with Crippen molar-refractivity contribution in [3.8, 4) is 11.2 Å². The average molecular weight is 562 g/mol. The number of nitriles is 1. The summed E-state index contributed by atoms with van der Waals surface area (Å²) < 4.78 is 58.7. The lowest BCUT2D eigenvalue weighted by molar-refractivity contribution is 0.150. The van der Waals surface area contributed by atoms with Crippen LogP contribution in [0.15, 0.2) is 29.6 Å². The highest BCUT2D eigenvalue weighted by atomic mass is 32.2. The van der Waals surface area contributed by atoms with Gasteiger partial charge in [0.15, 0.2) is 5.01 Å². The third-order valence-corrected chi connectivity index (χ3v) is 9.05. The molecule has 4 aromatic rings. The first-order valence-corrected chi connectivity index (χ1v) is 13.9. The van der Waals surface area contributed by atoms with Crippen LogP contribution in [0.5, 0.6) is 0 Å². The van der Waals surface area contributed by atoms with Gasteiger partial charge in [-0.2, -0.15) is 15.1 Å². The summed E-state index contributed by atoms with van der Waals surface area (Å²) in [5.74, 6) is 0.737. The fourth-order valence-corrected chi connectivity index (χ4v) is 6.53. The first-order valence-electron chi connectivity index (χ1n) is 11.6. The molecule has 38 heavy (non-hydrogen) atoms. The molecule has 198 valence electrons. The van der Waals surface area contributed by atoms with Crippen LogP contribution in [0.1, 0.15) is 24.3 Å². The zero-order valence-electron chi connectivity index (χ0n) is 20.0. The quantitative estimate of drug-likeness (QED) is 0.352. The summed E-state index contributed by atoms with van der Waals surface area (Å²) in [6, 6.07) is 5.02. The number of piperazine rings is 1. The lowest BCUT2D eigenvalue weighted by atomic mass is 10.1. The first kappa shape index (κ1) is 24.6. The molecule has 1 aliphatic heterocycles. The minimum atomic E-state index is -4.08. The van der Waals surface area contributed by atoms with E-state index in [-0.39, 0.29) is 10.0 Å². The Morgan fingerprint density at radius 1 is 1.13 bits per heavy atom. The average Bonchev–Trinajstić information content (AvgIpc) is 3.27. The number of halogens is 2. The monoisotopic (exact) mass is 561 g/mol. The highest BCUT2D eigenvalue weighted by molar-refractivity contribution is 7.89. The SMILES string of the molecule is Cn1cnnc1N1CCN(c2cc(S(=O)(=O)NC3(C#N)CC3)cc3c2cnn3-c2nnc(C(F)F)s2)CC1. The van der Waals surface area contributed by atoms with Gasteiger partial charge in [0.05, 0.1) is 22.7 Å². The van der Waals surface area contributed by atoms with E-state index >= 15 is 0 Å². The number of alkyl halides is 2. The number of sulfonamides is 1. The van der Waals surface area contributed by atoms with Crippen molar-refractivity contribution < 1.29 is 17.2 Å². The summed E-state index contributed by atoms with van der Waals surface area (Å²) in [5.41, 5.74) is -0.120. The predicted molar refractivity (Wildman–Crippen MR) is 133 cm³/mol. The number of anilines is 2. The number of aromatic nitrogens is 7. The Morgan fingerprint density at radius 2 is 1.87 bits per heavy atom. The second-order valence-electron chi connectivity index (χ2n) is 9.17. The van der Waals surface area contributed by atoms with Crippen LogP contribution in [0.2, 0.25) is 0 Å². The van der Waals surface area contributed by atoms with Crippen molar-refractivity contribution in [2.24, 2.45) is 7.05 Å². The maximum atomic E-state index is 13.4. The van der Waals surface area contributed by atoms with E-state index in [2.05, 4.69) is 35.1 Å². The van der Waals surface area contributed by atoms with Gasteiger partial charge in [-0.05, 0) is 25.0 Å².